The standard InChI is InChI=1S/C21H19N5O2/c1-14-4-6-18(28-14)21(27)25-10-8-17(12-25)20-23-19-7-5-16(13-26(19)24-20)15-3-2-9-22-11-15/h2-7,9,11,13,17H,8,10,12H2,1H3/t17-/m0/s1. The van der Waals surface area contributed by atoms with Gasteiger partial charge in [0.2, 0.25) is 0 Å². The van der Waals surface area contributed by atoms with Crippen molar-refractivity contribution >= 4 is 11.6 Å². The lowest BCUT2D eigenvalue weighted by atomic mass is 10.1. The van der Waals surface area contributed by atoms with E-state index in [2.05, 4.69) is 15.1 Å². The van der Waals surface area contributed by atoms with Crippen LogP contribution < -0.4 is 0 Å². The summed E-state index contributed by atoms with van der Waals surface area (Å²) < 4.78 is 7.27. The van der Waals surface area contributed by atoms with Crippen molar-refractivity contribution in [1.82, 2.24) is 24.5 Å². The third kappa shape index (κ3) is 2.94. The molecule has 4 aromatic heterocycles. The number of hydrogen-bond donors (Lipinski definition) is 0. The molecule has 0 unspecified atom stereocenters. The number of nitrogens with zero attached hydrogens (tertiary/aromatic N) is 5. The van der Waals surface area contributed by atoms with Crippen LogP contribution in [0.25, 0.3) is 16.8 Å². The van der Waals surface area contributed by atoms with E-state index in [9.17, 15) is 4.79 Å². The Labute approximate surface area is 161 Å². The second kappa shape index (κ2) is 6.60. The van der Waals surface area contributed by atoms with E-state index in [1.165, 1.54) is 0 Å². The number of aryl methyl sites for hydroxylation is 1. The van der Waals surface area contributed by atoms with Crippen molar-refractivity contribution in [2.45, 2.75) is 19.3 Å². The van der Waals surface area contributed by atoms with Crippen molar-refractivity contribution in [3.8, 4) is 11.1 Å². The number of likely N-dealkylation sites (tertiary alicyclic amines) is 1. The molecule has 0 bridgehead atoms. The maximum Gasteiger partial charge on any atom is 0.289 e. The molecule has 5 heterocycles. The highest BCUT2D eigenvalue weighted by Gasteiger charge is 2.31. The first-order chi connectivity index (χ1) is 13.7. The van der Waals surface area contributed by atoms with Gasteiger partial charge in [0.05, 0.1) is 0 Å². The third-order valence-electron chi connectivity index (χ3n) is 5.13. The van der Waals surface area contributed by atoms with Crippen LogP contribution in [0.15, 0.2) is 59.4 Å². The van der Waals surface area contributed by atoms with Crippen LogP contribution in [0.1, 0.15) is 34.5 Å². The first-order valence-corrected chi connectivity index (χ1v) is 9.30. The molecule has 4 aromatic rings. The van der Waals surface area contributed by atoms with Gasteiger partial charge in [-0.05, 0) is 43.7 Å². The fraction of sp³-hybridized carbons (Fsp3) is 0.238. The van der Waals surface area contributed by atoms with Gasteiger partial charge < -0.3 is 9.32 Å². The van der Waals surface area contributed by atoms with Crippen LogP contribution in [0.4, 0.5) is 0 Å². The number of furan rings is 1. The molecule has 7 heteroatoms. The van der Waals surface area contributed by atoms with Crippen molar-refractivity contribution in [2.75, 3.05) is 13.1 Å². The van der Waals surface area contributed by atoms with E-state index in [1.54, 1.807) is 16.8 Å². The van der Waals surface area contributed by atoms with E-state index in [-0.39, 0.29) is 11.8 Å². The minimum Gasteiger partial charge on any atom is -0.456 e. The van der Waals surface area contributed by atoms with Gasteiger partial charge in [0, 0.05) is 48.7 Å². The molecule has 0 aromatic carbocycles. The number of carbonyl (C=O) groups is 1. The van der Waals surface area contributed by atoms with Crippen molar-refractivity contribution in [1.29, 1.82) is 0 Å². The van der Waals surface area contributed by atoms with Gasteiger partial charge in [-0.15, -0.1) is 0 Å². The predicted molar refractivity (Wildman–Crippen MR) is 103 cm³/mol. The molecule has 7 nitrogen and oxygen atoms in total. The first kappa shape index (κ1) is 16.7. The van der Waals surface area contributed by atoms with Gasteiger partial charge in [0.25, 0.3) is 5.91 Å². The van der Waals surface area contributed by atoms with E-state index < -0.39 is 0 Å². The number of aromatic nitrogens is 4. The van der Waals surface area contributed by atoms with E-state index in [0.29, 0.717) is 18.8 Å². The van der Waals surface area contributed by atoms with Gasteiger partial charge in [-0.25, -0.2) is 9.50 Å². The van der Waals surface area contributed by atoms with E-state index in [4.69, 9.17) is 4.42 Å². The molecule has 1 saturated heterocycles. The molecule has 1 atom stereocenters. The highest BCUT2D eigenvalue weighted by Crippen LogP contribution is 2.27. The Morgan fingerprint density at radius 1 is 1.18 bits per heavy atom. The van der Waals surface area contributed by atoms with E-state index in [0.717, 1.165) is 34.8 Å². The minimum absolute atomic E-state index is 0.0711. The molecule has 0 saturated carbocycles. The Hall–Kier alpha value is -3.48. The van der Waals surface area contributed by atoms with Crippen LogP contribution >= 0.6 is 0 Å². The lowest BCUT2D eigenvalue weighted by molar-refractivity contribution is 0.0757. The van der Waals surface area contributed by atoms with Crippen LogP contribution in [0, 0.1) is 6.92 Å². The van der Waals surface area contributed by atoms with Crippen LogP contribution in [-0.4, -0.2) is 43.5 Å². The molecule has 0 aliphatic carbocycles. The average Bonchev–Trinajstić information content (AvgIpc) is 3.46. The molecule has 1 amide bonds. The van der Waals surface area contributed by atoms with E-state index >= 15 is 0 Å². The maximum atomic E-state index is 12.6. The molecule has 140 valence electrons. The molecule has 0 N–H and O–H groups in total. The number of carbonyl (C=O) groups excluding carboxylic acids is 1. The number of pyridine rings is 2. The topological polar surface area (TPSA) is 76.5 Å². The smallest absolute Gasteiger partial charge is 0.289 e. The predicted octanol–water partition coefficient (Wildman–Crippen LogP) is 3.32. The molecule has 0 spiro atoms. The van der Waals surface area contributed by atoms with Gasteiger partial charge in [-0.3, -0.25) is 9.78 Å². The van der Waals surface area contributed by atoms with Gasteiger partial charge in [-0.1, -0.05) is 6.07 Å². The Bertz CT molecular complexity index is 1150. The summed E-state index contributed by atoms with van der Waals surface area (Å²) in [6.45, 7) is 3.12. The van der Waals surface area contributed by atoms with Crippen LogP contribution in [0.2, 0.25) is 0 Å². The quantitative estimate of drug-likeness (QED) is 0.551. The summed E-state index contributed by atoms with van der Waals surface area (Å²) >= 11 is 0. The Morgan fingerprint density at radius 2 is 2.11 bits per heavy atom. The molecular weight excluding hydrogens is 354 g/mol. The zero-order valence-corrected chi connectivity index (χ0v) is 15.4. The zero-order chi connectivity index (χ0) is 19.1. The Kier molecular flexibility index (Phi) is 3.93. The zero-order valence-electron chi connectivity index (χ0n) is 15.4. The second-order valence-electron chi connectivity index (χ2n) is 7.08. The first-order valence-electron chi connectivity index (χ1n) is 9.30. The lowest BCUT2D eigenvalue weighted by Crippen LogP contribution is -2.28. The molecule has 0 radical (unpaired) electrons. The average molecular weight is 373 g/mol. The molecule has 5 rings (SSSR count). The molecule has 28 heavy (non-hydrogen) atoms. The maximum absolute atomic E-state index is 12.6. The SMILES string of the molecule is Cc1ccc(C(=O)N2CC[C@H](c3nc4ccc(-c5cccnc5)cn4n3)C2)o1. The minimum atomic E-state index is -0.0711. The fourth-order valence-electron chi connectivity index (χ4n) is 3.64. The highest BCUT2D eigenvalue weighted by molar-refractivity contribution is 5.91. The number of fused-ring (bicyclic) bond motifs is 1. The normalized spacial score (nSPS) is 16.8. The van der Waals surface area contributed by atoms with Gasteiger partial charge in [-0.2, -0.15) is 5.10 Å². The monoisotopic (exact) mass is 373 g/mol. The van der Waals surface area contributed by atoms with Crippen LogP contribution in [-0.2, 0) is 0 Å². The van der Waals surface area contributed by atoms with Gasteiger partial charge in [0.1, 0.15) is 5.76 Å². The molecule has 1 aliphatic rings. The summed E-state index contributed by atoms with van der Waals surface area (Å²) in [6, 6.07) is 11.5. The van der Waals surface area contributed by atoms with Crippen molar-refractivity contribution < 1.29 is 9.21 Å². The van der Waals surface area contributed by atoms with Crippen molar-refractivity contribution in [2.24, 2.45) is 0 Å². The molecular formula is C21H19N5O2. The second-order valence-corrected chi connectivity index (χ2v) is 7.08. The van der Waals surface area contributed by atoms with Crippen LogP contribution in [0.5, 0.6) is 0 Å². The molecule has 1 fully saturated rings. The van der Waals surface area contributed by atoms with E-state index in [1.807, 2.05) is 54.5 Å². The number of amides is 1. The largest absolute Gasteiger partial charge is 0.456 e. The summed E-state index contributed by atoms with van der Waals surface area (Å²) in [6.07, 6.45) is 6.40. The van der Waals surface area contributed by atoms with Gasteiger partial charge in [0.15, 0.2) is 17.2 Å². The molecule has 1 aliphatic heterocycles. The van der Waals surface area contributed by atoms with Gasteiger partial charge >= 0.3 is 0 Å². The summed E-state index contributed by atoms with van der Waals surface area (Å²) in [5, 5.41) is 4.68. The summed E-state index contributed by atoms with van der Waals surface area (Å²) in [7, 11) is 0. The number of hydrogen-bond acceptors (Lipinski definition) is 5. The van der Waals surface area contributed by atoms with Crippen molar-refractivity contribution in [3.05, 3.63) is 72.3 Å². The lowest BCUT2D eigenvalue weighted by Gasteiger charge is -2.13. The van der Waals surface area contributed by atoms with Crippen LogP contribution in [0.3, 0.4) is 0 Å². The highest BCUT2D eigenvalue weighted by atomic mass is 16.3. The summed E-state index contributed by atoms with van der Waals surface area (Å²) in [4.78, 5) is 23.3. The number of rotatable bonds is 3. The van der Waals surface area contributed by atoms with Crippen molar-refractivity contribution in [3.63, 3.8) is 0 Å². The third-order valence-corrected chi connectivity index (χ3v) is 5.13. The Balaban J connectivity index is 1.37. The summed E-state index contributed by atoms with van der Waals surface area (Å²) in [5.41, 5.74) is 2.87. The fourth-order valence-corrected chi connectivity index (χ4v) is 3.64. The summed E-state index contributed by atoms with van der Waals surface area (Å²) in [5.74, 6) is 1.96. The Morgan fingerprint density at radius 3 is 2.89 bits per heavy atom.